The minimum atomic E-state index is 0.704. The van der Waals surface area contributed by atoms with Crippen molar-refractivity contribution < 1.29 is 0 Å². The predicted molar refractivity (Wildman–Crippen MR) is 102 cm³/mol. The summed E-state index contributed by atoms with van der Waals surface area (Å²) in [5.74, 6) is 0.704. The smallest absolute Gasteiger partial charge is 0.0991 e. The molecule has 0 bridgehead atoms. The van der Waals surface area contributed by atoms with Crippen molar-refractivity contribution in [1.82, 2.24) is 0 Å². The quantitative estimate of drug-likeness (QED) is 0.567. The molecule has 0 amide bonds. The summed E-state index contributed by atoms with van der Waals surface area (Å²) in [4.78, 5) is 0. The molecule has 2 aromatic carbocycles. The van der Waals surface area contributed by atoms with Crippen molar-refractivity contribution in [3.05, 3.63) is 65.2 Å². The van der Waals surface area contributed by atoms with Gasteiger partial charge in [-0.2, -0.15) is 5.26 Å². The number of rotatable bonds is 6. The molecule has 1 heteroatoms. The van der Waals surface area contributed by atoms with Gasteiger partial charge in [0.25, 0.3) is 0 Å². The normalized spacial score (nSPS) is 15.8. The van der Waals surface area contributed by atoms with E-state index < -0.39 is 0 Å². The highest BCUT2D eigenvalue weighted by atomic mass is 14.2. The number of benzene rings is 2. The highest BCUT2D eigenvalue weighted by Gasteiger charge is 2.14. The lowest BCUT2D eigenvalue weighted by Crippen LogP contribution is -2.07. The van der Waals surface area contributed by atoms with Gasteiger partial charge in [0, 0.05) is 0 Å². The largest absolute Gasteiger partial charge is 0.192 e. The molecule has 0 saturated carbocycles. The van der Waals surface area contributed by atoms with E-state index in [0.717, 1.165) is 0 Å². The number of fused-ring (bicyclic) bond motifs is 1. The fourth-order valence-corrected chi connectivity index (χ4v) is 3.47. The molecule has 2 aromatic rings. The zero-order valence-electron chi connectivity index (χ0n) is 14.5. The molecule has 0 aromatic heterocycles. The molecule has 0 N–H and O–H groups in total. The van der Waals surface area contributed by atoms with E-state index in [2.05, 4.69) is 43.3 Å². The average Bonchev–Trinajstić information content (AvgIpc) is 2.65. The van der Waals surface area contributed by atoms with Crippen molar-refractivity contribution in [2.24, 2.45) is 5.92 Å². The second-order valence-corrected chi connectivity index (χ2v) is 6.78. The number of unbranched alkanes of at least 4 members (excludes halogenated alkanes) is 3. The number of nitrogens with zero attached hydrogens (tertiary/aromatic N) is 1. The third-order valence-corrected chi connectivity index (χ3v) is 4.95. The van der Waals surface area contributed by atoms with Gasteiger partial charge in [-0.25, -0.2) is 0 Å². The molecule has 1 nitrogen and oxygen atoms in total. The number of hydrogen-bond acceptors (Lipinski definition) is 1. The number of hydrogen-bond donors (Lipinski definition) is 0. The Hall–Kier alpha value is -2.33. The maximum atomic E-state index is 8.91. The summed E-state index contributed by atoms with van der Waals surface area (Å²) in [6, 6.07) is 16.8. The van der Waals surface area contributed by atoms with E-state index in [1.54, 1.807) is 0 Å². The van der Waals surface area contributed by atoms with Crippen molar-refractivity contribution in [3.63, 3.8) is 0 Å². The fraction of sp³-hybridized carbons (Fsp3) is 0.348. The molecule has 0 saturated heterocycles. The number of nitriles is 1. The van der Waals surface area contributed by atoms with Crippen LogP contribution in [-0.4, -0.2) is 0 Å². The van der Waals surface area contributed by atoms with Crippen LogP contribution in [0.3, 0.4) is 0 Å². The van der Waals surface area contributed by atoms with Gasteiger partial charge >= 0.3 is 0 Å². The van der Waals surface area contributed by atoms with Gasteiger partial charge in [0.15, 0.2) is 0 Å². The first-order chi connectivity index (χ1) is 11.8. The van der Waals surface area contributed by atoms with Crippen LogP contribution in [0, 0.1) is 17.2 Å². The predicted octanol–water partition coefficient (Wildman–Crippen LogP) is 6.38. The second-order valence-electron chi connectivity index (χ2n) is 6.78. The summed E-state index contributed by atoms with van der Waals surface area (Å²) in [6.45, 7) is 2.27. The molecule has 1 atom stereocenters. The minimum Gasteiger partial charge on any atom is -0.192 e. The lowest BCUT2D eigenvalue weighted by molar-refractivity contribution is 0.526. The zero-order chi connectivity index (χ0) is 16.8. The Bertz CT molecular complexity index is 747. The van der Waals surface area contributed by atoms with Crippen LogP contribution in [0.4, 0.5) is 0 Å². The molecule has 0 unspecified atom stereocenters. The first-order valence-electron chi connectivity index (χ1n) is 9.12. The van der Waals surface area contributed by atoms with E-state index in [0.29, 0.717) is 11.5 Å². The molecular weight excluding hydrogens is 290 g/mol. The first-order valence-corrected chi connectivity index (χ1v) is 9.12. The van der Waals surface area contributed by atoms with Crippen molar-refractivity contribution in [2.45, 2.75) is 45.4 Å². The van der Waals surface area contributed by atoms with Gasteiger partial charge in [0.1, 0.15) is 0 Å². The van der Waals surface area contributed by atoms with Gasteiger partial charge in [-0.05, 0) is 59.2 Å². The van der Waals surface area contributed by atoms with E-state index in [4.69, 9.17) is 5.26 Å². The van der Waals surface area contributed by atoms with Crippen LogP contribution >= 0.6 is 0 Å². The third-order valence-electron chi connectivity index (χ3n) is 4.95. The van der Waals surface area contributed by atoms with Crippen LogP contribution in [0.25, 0.3) is 17.2 Å². The van der Waals surface area contributed by atoms with Crippen LogP contribution in [-0.2, 0) is 6.42 Å². The molecule has 0 radical (unpaired) electrons. The van der Waals surface area contributed by atoms with Crippen LogP contribution in [0.1, 0.15) is 55.7 Å². The highest BCUT2D eigenvalue weighted by Crippen LogP contribution is 2.30. The topological polar surface area (TPSA) is 23.8 Å². The first kappa shape index (κ1) is 16.5. The maximum absolute atomic E-state index is 8.91. The van der Waals surface area contributed by atoms with Crippen molar-refractivity contribution in [2.75, 3.05) is 0 Å². The Kier molecular flexibility index (Phi) is 5.49. The van der Waals surface area contributed by atoms with E-state index in [1.165, 1.54) is 60.8 Å². The van der Waals surface area contributed by atoms with Crippen LogP contribution in [0.5, 0.6) is 0 Å². The van der Waals surface area contributed by atoms with Gasteiger partial charge in [-0.15, -0.1) is 0 Å². The molecule has 0 spiro atoms. The monoisotopic (exact) mass is 315 g/mol. The molecule has 1 aliphatic carbocycles. The van der Waals surface area contributed by atoms with E-state index >= 15 is 0 Å². The zero-order valence-corrected chi connectivity index (χ0v) is 14.5. The standard InChI is InChI=1S/C23H25N/c1-2-3-4-5-6-18-7-12-23-16-22(14-13-21(23)15-18)20-10-8-19(17-24)9-11-20/h7-14,16,18H,2-6,15H2,1H3/t18-/m0/s1. The summed E-state index contributed by atoms with van der Waals surface area (Å²) in [7, 11) is 0. The molecular formula is C23H25N. The van der Waals surface area contributed by atoms with E-state index in [9.17, 15) is 0 Å². The maximum Gasteiger partial charge on any atom is 0.0991 e. The Labute approximate surface area is 145 Å². The average molecular weight is 315 g/mol. The molecule has 0 aliphatic heterocycles. The van der Waals surface area contributed by atoms with E-state index in [1.807, 2.05) is 24.3 Å². The van der Waals surface area contributed by atoms with Crippen LogP contribution in [0.15, 0.2) is 48.5 Å². The highest BCUT2D eigenvalue weighted by molar-refractivity contribution is 5.70. The van der Waals surface area contributed by atoms with Gasteiger partial charge in [-0.1, -0.05) is 69.0 Å². The summed E-state index contributed by atoms with van der Waals surface area (Å²) in [6.07, 6.45) is 12.6. The molecule has 122 valence electrons. The Morgan fingerprint density at radius 3 is 2.54 bits per heavy atom. The lowest BCUT2D eigenvalue weighted by atomic mass is 9.85. The Morgan fingerprint density at radius 1 is 1.00 bits per heavy atom. The summed E-state index contributed by atoms with van der Waals surface area (Å²) >= 11 is 0. The molecule has 3 rings (SSSR count). The molecule has 0 fully saturated rings. The van der Waals surface area contributed by atoms with E-state index in [-0.39, 0.29) is 0 Å². The summed E-state index contributed by atoms with van der Waals surface area (Å²) in [5.41, 5.74) is 5.93. The Morgan fingerprint density at radius 2 is 1.79 bits per heavy atom. The third kappa shape index (κ3) is 3.95. The Balaban J connectivity index is 1.69. The van der Waals surface area contributed by atoms with Crippen LogP contribution in [0.2, 0.25) is 0 Å². The SMILES string of the molecule is CCCCCC[C@H]1C=Cc2cc(-c3ccc(C#N)cc3)ccc2C1. The van der Waals surface area contributed by atoms with Crippen molar-refractivity contribution >= 4 is 6.08 Å². The van der Waals surface area contributed by atoms with Crippen molar-refractivity contribution in [1.29, 1.82) is 5.26 Å². The van der Waals surface area contributed by atoms with Gasteiger partial charge in [-0.3, -0.25) is 0 Å². The molecule has 1 aliphatic rings. The summed E-state index contributed by atoms with van der Waals surface area (Å²) in [5, 5.41) is 8.91. The minimum absolute atomic E-state index is 0.704. The second kappa shape index (κ2) is 7.97. The van der Waals surface area contributed by atoms with Gasteiger partial charge in [0.05, 0.1) is 11.6 Å². The molecule has 0 heterocycles. The van der Waals surface area contributed by atoms with Gasteiger partial charge < -0.3 is 0 Å². The molecule has 24 heavy (non-hydrogen) atoms. The fourth-order valence-electron chi connectivity index (χ4n) is 3.47. The number of allylic oxidation sites excluding steroid dienone is 1. The van der Waals surface area contributed by atoms with Crippen molar-refractivity contribution in [3.8, 4) is 17.2 Å². The summed E-state index contributed by atoms with van der Waals surface area (Å²) < 4.78 is 0. The van der Waals surface area contributed by atoms with Gasteiger partial charge in [0.2, 0.25) is 0 Å². The van der Waals surface area contributed by atoms with Crippen LogP contribution < -0.4 is 0 Å². The lowest BCUT2D eigenvalue weighted by Gasteiger charge is -2.20.